The zero-order valence-electron chi connectivity index (χ0n) is 28.4. The van der Waals surface area contributed by atoms with Crippen molar-refractivity contribution in [1.82, 2.24) is 0 Å². The third-order valence-electron chi connectivity index (χ3n) is 12.2. The Kier molecular flexibility index (Phi) is 10.1. The number of aliphatic hydroxyl groups excluding tert-OH is 2. The van der Waals surface area contributed by atoms with Gasteiger partial charge in [-0.1, -0.05) is 34.6 Å². The Balaban J connectivity index is 1.25. The van der Waals surface area contributed by atoms with Crippen LogP contribution < -0.4 is 0 Å². The van der Waals surface area contributed by atoms with Gasteiger partial charge in [0, 0.05) is 37.7 Å². The molecule has 0 amide bonds. The van der Waals surface area contributed by atoms with Gasteiger partial charge in [0.15, 0.2) is 11.6 Å². The Morgan fingerprint density at radius 3 is 2.36 bits per heavy atom. The van der Waals surface area contributed by atoms with E-state index in [2.05, 4.69) is 27.7 Å². The molecule has 0 aromatic rings. The van der Waals surface area contributed by atoms with E-state index in [1.807, 2.05) is 20.8 Å². The second-order valence-electron chi connectivity index (χ2n) is 15.7. The molecule has 0 aliphatic carbocycles. The summed E-state index contributed by atoms with van der Waals surface area (Å²) < 4.78 is 38.9. The first-order valence-corrected chi connectivity index (χ1v) is 17.1. The quantitative estimate of drug-likeness (QED) is 0.292. The number of carbonyl (C=O) groups is 1. The highest BCUT2D eigenvalue weighted by molar-refractivity contribution is 5.67. The fraction of sp³-hybridized carbons (Fsp3) is 0.971. The number of aliphatic carboxylic acids is 1. The van der Waals surface area contributed by atoms with E-state index in [1.165, 1.54) is 7.11 Å². The zero-order chi connectivity index (χ0) is 33.1. The van der Waals surface area contributed by atoms with Gasteiger partial charge in [-0.05, 0) is 57.8 Å². The summed E-state index contributed by atoms with van der Waals surface area (Å²) >= 11 is 0. The number of aliphatic hydroxyl groups is 3. The summed E-state index contributed by atoms with van der Waals surface area (Å²) in [7, 11) is 1.51. The van der Waals surface area contributed by atoms with Crippen LogP contribution >= 0.6 is 0 Å². The smallest absolute Gasteiger partial charge is 0.305 e. The van der Waals surface area contributed by atoms with Gasteiger partial charge in [-0.2, -0.15) is 0 Å². The SMILES string of the molecule is CO[C@@H](CC(=O)O)[C@H](C)C1OC2(CC[C@@](C)([C@H]3CC[C@@](C)([C@@H]4O[C@@H]([C@H]5O[C@@](O)(CO)[C@H](C)C[C@@H]5C)C[C@@H]4C)O3)O2)C[C@H](O)[C@H]1C. The molecular formula is C34H58O11. The lowest BCUT2D eigenvalue weighted by Gasteiger charge is -2.48. The van der Waals surface area contributed by atoms with E-state index in [0.717, 1.165) is 25.7 Å². The van der Waals surface area contributed by atoms with Gasteiger partial charge < -0.3 is 48.8 Å². The van der Waals surface area contributed by atoms with E-state index < -0.39 is 53.7 Å². The Morgan fingerprint density at radius 2 is 1.71 bits per heavy atom. The van der Waals surface area contributed by atoms with E-state index in [-0.39, 0.29) is 60.4 Å². The Morgan fingerprint density at radius 1 is 1.00 bits per heavy atom. The van der Waals surface area contributed by atoms with Crippen molar-refractivity contribution in [3.8, 4) is 0 Å². The molecule has 0 aromatic heterocycles. The molecule has 5 heterocycles. The van der Waals surface area contributed by atoms with Gasteiger partial charge in [0.25, 0.3) is 0 Å². The lowest BCUT2D eigenvalue weighted by atomic mass is 9.80. The maximum atomic E-state index is 11.5. The minimum Gasteiger partial charge on any atom is -0.481 e. The Labute approximate surface area is 268 Å². The lowest BCUT2D eigenvalue weighted by molar-refractivity contribution is -0.335. The topological polar surface area (TPSA) is 153 Å². The van der Waals surface area contributed by atoms with Crippen LogP contribution in [0.3, 0.4) is 0 Å². The highest BCUT2D eigenvalue weighted by atomic mass is 16.7. The van der Waals surface area contributed by atoms with Crippen LogP contribution in [-0.4, -0.2) is 106 Å². The molecule has 11 nitrogen and oxygen atoms in total. The van der Waals surface area contributed by atoms with Gasteiger partial charge in [0.1, 0.15) is 0 Å². The van der Waals surface area contributed by atoms with Crippen LogP contribution in [0.5, 0.6) is 0 Å². The van der Waals surface area contributed by atoms with E-state index in [9.17, 15) is 25.2 Å². The summed E-state index contributed by atoms with van der Waals surface area (Å²) in [5, 5.41) is 41.3. The lowest BCUT2D eigenvalue weighted by Crippen LogP contribution is -2.56. The van der Waals surface area contributed by atoms with Crippen molar-refractivity contribution in [2.24, 2.45) is 29.6 Å². The van der Waals surface area contributed by atoms with Crippen LogP contribution in [0.1, 0.15) is 99.8 Å². The molecule has 0 bridgehead atoms. The first-order valence-electron chi connectivity index (χ1n) is 17.1. The van der Waals surface area contributed by atoms with Crippen molar-refractivity contribution in [3.63, 3.8) is 0 Å². The van der Waals surface area contributed by atoms with Crippen molar-refractivity contribution in [1.29, 1.82) is 0 Å². The van der Waals surface area contributed by atoms with Crippen LogP contribution in [-0.2, 0) is 33.2 Å². The minimum absolute atomic E-state index is 0.143. The molecule has 5 aliphatic rings. The summed E-state index contributed by atoms with van der Waals surface area (Å²) in [6.07, 6.45) is 2.09. The van der Waals surface area contributed by atoms with E-state index in [0.29, 0.717) is 19.3 Å². The van der Waals surface area contributed by atoms with Crippen molar-refractivity contribution >= 4 is 5.97 Å². The number of hydrogen-bond acceptors (Lipinski definition) is 10. The van der Waals surface area contributed by atoms with Crippen LogP contribution in [0.25, 0.3) is 0 Å². The molecule has 0 radical (unpaired) electrons. The van der Waals surface area contributed by atoms with Crippen LogP contribution in [0.4, 0.5) is 0 Å². The molecule has 2 unspecified atom stereocenters. The summed E-state index contributed by atoms with van der Waals surface area (Å²) in [6.45, 7) is 13.8. The Hall–Kier alpha value is -0.890. The van der Waals surface area contributed by atoms with Crippen molar-refractivity contribution in [2.45, 2.75) is 165 Å². The summed E-state index contributed by atoms with van der Waals surface area (Å²) in [4.78, 5) is 11.5. The second kappa shape index (κ2) is 12.9. The fourth-order valence-electron chi connectivity index (χ4n) is 9.30. The molecule has 1 spiro atoms. The molecule has 4 N–H and O–H groups in total. The predicted molar refractivity (Wildman–Crippen MR) is 163 cm³/mol. The second-order valence-corrected chi connectivity index (χ2v) is 15.7. The van der Waals surface area contributed by atoms with Gasteiger partial charge in [-0.25, -0.2) is 0 Å². The molecule has 5 saturated heterocycles. The molecule has 0 aromatic carbocycles. The zero-order valence-corrected chi connectivity index (χ0v) is 28.4. The standard InChI is InChI=1S/C34H58O11/c1-18-13-20(3)34(39,17-35)44-28(18)25-14-19(2)30(41-25)32(7)10-9-26(42-32)31(6)11-12-33(45-31)16-23(36)21(4)29(43-33)22(5)24(40-8)15-27(37)38/h18-26,28-30,35-36,39H,9-17H2,1-8H3,(H,37,38)/t18-,19-,20+,21+,22-,23-,24-,25+,26+,28-,29?,30+,31-,32-,33?,34-/m0/s1. The number of rotatable bonds is 9. The fourth-order valence-corrected chi connectivity index (χ4v) is 9.30. The molecule has 45 heavy (non-hydrogen) atoms. The number of hydrogen-bond donors (Lipinski definition) is 4. The molecule has 11 heteroatoms. The van der Waals surface area contributed by atoms with E-state index >= 15 is 0 Å². The Bertz CT molecular complexity index is 1060. The third kappa shape index (κ3) is 6.59. The molecule has 0 saturated carbocycles. The van der Waals surface area contributed by atoms with Gasteiger partial charge in [-0.3, -0.25) is 4.79 Å². The molecule has 5 rings (SSSR count). The van der Waals surface area contributed by atoms with Crippen LogP contribution in [0, 0.1) is 29.6 Å². The number of methoxy groups -OCH3 is 1. The van der Waals surface area contributed by atoms with Gasteiger partial charge in [-0.15, -0.1) is 0 Å². The molecule has 260 valence electrons. The maximum Gasteiger partial charge on any atom is 0.305 e. The normalized spacial score (nSPS) is 51.9. The van der Waals surface area contributed by atoms with Crippen molar-refractivity contribution < 1.29 is 53.6 Å². The maximum absolute atomic E-state index is 11.5. The highest BCUT2D eigenvalue weighted by Gasteiger charge is 2.61. The van der Waals surface area contributed by atoms with Gasteiger partial charge in [0.05, 0.1) is 67.0 Å². The average molecular weight is 643 g/mol. The first-order chi connectivity index (χ1) is 21.0. The molecule has 16 atom stereocenters. The number of ether oxygens (including phenoxy) is 6. The van der Waals surface area contributed by atoms with Crippen molar-refractivity contribution in [3.05, 3.63) is 0 Å². The minimum atomic E-state index is -1.56. The monoisotopic (exact) mass is 642 g/mol. The predicted octanol–water partition coefficient (Wildman–Crippen LogP) is 3.64. The van der Waals surface area contributed by atoms with Gasteiger partial charge >= 0.3 is 5.97 Å². The highest BCUT2D eigenvalue weighted by Crippen LogP contribution is 2.54. The largest absolute Gasteiger partial charge is 0.481 e. The summed E-state index contributed by atoms with van der Waals surface area (Å²) in [5.74, 6) is -3.74. The van der Waals surface area contributed by atoms with Gasteiger partial charge in [0.2, 0.25) is 0 Å². The van der Waals surface area contributed by atoms with Crippen LogP contribution in [0.15, 0.2) is 0 Å². The van der Waals surface area contributed by atoms with E-state index in [1.54, 1.807) is 0 Å². The van der Waals surface area contributed by atoms with Crippen molar-refractivity contribution in [2.75, 3.05) is 13.7 Å². The average Bonchev–Trinajstić information content (AvgIpc) is 3.67. The first kappa shape index (κ1) is 35.4. The number of carboxylic acids is 1. The number of carboxylic acid groups (broad SMARTS) is 1. The van der Waals surface area contributed by atoms with E-state index in [4.69, 9.17) is 28.4 Å². The molecule has 5 fully saturated rings. The van der Waals surface area contributed by atoms with Crippen LogP contribution in [0.2, 0.25) is 0 Å². The third-order valence-corrected chi connectivity index (χ3v) is 12.2. The summed E-state index contributed by atoms with van der Waals surface area (Å²) in [5.41, 5.74) is -1.18. The molecule has 5 aliphatic heterocycles. The summed E-state index contributed by atoms with van der Waals surface area (Å²) in [6, 6.07) is 0. The molecular weight excluding hydrogens is 584 g/mol.